The third-order valence-electron chi connectivity index (χ3n) is 2.63. The molecule has 0 spiro atoms. The van der Waals surface area contributed by atoms with E-state index in [9.17, 15) is 4.79 Å². The molecule has 1 amide bonds. The summed E-state index contributed by atoms with van der Waals surface area (Å²) in [7, 11) is 1.62. The smallest absolute Gasteiger partial charge is 0.251 e. The van der Waals surface area contributed by atoms with E-state index in [1.54, 1.807) is 19.2 Å². The molecule has 16 heavy (non-hydrogen) atoms. The van der Waals surface area contributed by atoms with Gasteiger partial charge >= 0.3 is 0 Å². The summed E-state index contributed by atoms with van der Waals surface area (Å²) in [5.41, 5.74) is 7.93. The zero-order chi connectivity index (χ0) is 12.1. The molecule has 4 heteroatoms. The minimum atomic E-state index is -0.0892. The summed E-state index contributed by atoms with van der Waals surface area (Å²) < 4.78 is 5.19. The molecule has 0 aromatic heterocycles. The molecule has 3 N–H and O–H groups in total. The number of ether oxygens (including phenoxy) is 1. The lowest BCUT2D eigenvalue weighted by molar-refractivity contribution is 0.0954. The van der Waals surface area contributed by atoms with Gasteiger partial charge in [0.25, 0.3) is 5.91 Å². The summed E-state index contributed by atoms with van der Waals surface area (Å²) in [5.74, 6) is 0.710. The third-order valence-corrected chi connectivity index (χ3v) is 2.63. The highest BCUT2D eigenvalue weighted by molar-refractivity contribution is 5.96. The quantitative estimate of drug-likeness (QED) is 0.798. The number of rotatable bonds is 4. The predicted molar refractivity (Wildman–Crippen MR) is 63.9 cm³/mol. The molecular formula is C12H18N2O2. The Labute approximate surface area is 95.8 Å². The van der Waals surface area contributed by atoms with E-state index in [0.717, 1.165) is 16.9 Å². The van der Waals surface area contributed by atoms with Gasteiger partial charge in [-0.2, -0.15) is 0 Å². The number of benzene rings is 1. The van der Waals surface area contributed by atoms with Gasteiger partial charge < -0.3 is 15.8 Å². The van der Waals surface area contributed by atoms with Gasteiger partial charge in [-0.3, -0.25) is 4.79 Å². The maximum absolute atomic E-state index is 11.8. The normalized spacial score (nSPS) is 10.0. The van der Waals surface area contributed by atoms with Crippen LogP contribution < -0.4 is 15.8 Å². The van der Waals surface area contributed by atoms with Crippen molar-refractivity contribution in [2.24, 2.45) is 5.73 Å². The molecule has 0 radical (unpaired) electrons. The standard InChI is InChI=1S/C12H18N2O2/c1-8-9(2)11(16-3)5-4-10(8)12(15)14-7-6-13/h4-5H,6-7,13H2,1-3H3,(H,14,15). The number of amides is 1. The number of nitrogens with one attached hydrogen (secondary N) is 1. The Morgan fingerprint density at radius 3 is 2.62 bits per heavy atom. The second-order valence-electron chi connectivity index (χ2n) is 3.61. The van der Waals surface area contributed by atoms with Gasteiger partial charge in [0.05, 0.1) is 7.11 Å². The van der Waals surface area contributed by atoms with Crippen LogP contribution in [0, 0.1) is 13.8 Å². The van der Waals surface area contributed by atoms with Crippen LogP contribution in [-0.2, 0) is 0 Å². The lowest BCUT2D eigenvalue weighted by Crippen LogP contribution is -2.29. The maximum atomic E-state index is 11.8. The van der Waals surface area contributed by atoms with Crippen molar-refractivity contribution in [3.05, 3.63) is 28.8 Å². The van der Waals surface area contributed by atoms with Crippen LogP contribution in [0.4, 0.5) is 0 Å². The molecule has 0 heterocycles. The minimum absolute atomic E-state index is 0.0892. The second kappa shape index (κ2) is 5.51. The van der Waals surface area contributed by atoms with Crippen molar-refractivity contribution < 1.29 is 9.53 Å². The van der Waals surface area contributed by atoms with Crippen LogP contribution in [0.3, 0.4) is 0 Å². The van der Waals surface area contributed by atoms with Crippen LogP contribution in [0.2, 0.25) is 0 Å². The predicted octanol–water partition coefficient (Wildman–Crippen LogP) is 1.00. The van der Waals surface area contributed by atoms with E-state index < -0.39 is 0 Å². The first kappa shape index (κ1) is 12.5. The van der Waals surface area contributed by atoms with Crippen LogP contribution in [0.5, 0.6) is 5.75 Å². The fourth-order valence-corrected chi connectivity index (χ4v) is 1.54. The van der Waals surface area contributed by atoms with Gasteiger partial charge in [0.2, 0.25) is 0 Å². The maximum Gasteiger partial charge on any atom is 0.251 e. The van der Waals surface area contributed by atoms with Crippen molar-refractivity contribution in [1.29, 1.82) is 0 Å². The van der Waals surface area contributed by atoms with Crippen molar-refractivity contribution in [3.63, 3.8) is 0 Å². The molecule has 0 saturated carbocycles. The van der Waals surface area contributed by atoms with Crippen molar-refractivity contribution >= 4 is 5.91 Å². The summed E-state index contributed by atoms with van der Waals surface area (Å²) in [4.78, 5) is 11.8. The summed E-state index contributed by atoms with van der Waals surface area (Å²) in [6.07, 6.45) is 0. The number of carbonyl (C=O) groups excluding carboxylic acids is 1. The SMILES string of the molecule is COc1ccc(C(=O)NCCN)c(C)c1C. The topological polar surface area (TPSA) is 64.3 Å². The number of methoxy groups -OCH3 is 1. The van der Waals surface area contributed by atoms with Crippen molar-refractivity contribution in [2.45, 2.75) is 13.8 Å². The number of nitrogens with two attached hydrogens (primary N) is 1. The van der Waals surface area contributed by atoms with E-state index >= 15 is 0 Å². The summed E-state index contributed by atoms with van der Waals surface area (Å²) in [5, 5.41) is 2.75. The minimum Gasteiger partial charge on any atom is -0.496 e. The van der Waals surface area contributed by atoms with Crippen molar-refractivity contribution in [3.8, 4) is 5.75 Å². The second-order valence-corrected chi connectivity index (χ2v) is 3.61. The Bertz CT molecular complexity index is 389. The van der Waals surface area contributed by atoms with Crippen molar-refractivity contribution in [1.82, 2.24) is 5.32 Å². The Morgan fingerprint density at radius 2 is 2.06 bits per heavy atom. The first-order valence-corrected chi connectivity index (χ1v) is 5.24. The van der Waals surface area contributed by atoms with Gasteiger partial charge in [0.15, 0.2) is 0 Å². The number of carbonyl (C=O) groups is 1. The van der Waals surface area contributed by atoms with Crippen LogP contribution in [-0.4, -0.2) is 26.1 Å². The number of hydrogen-bond acceptors (Lipinski definition) is 3. The first-order chi connectivity index (χ1) is 7.61. The van der Waals surface area contributed by atoms with E-state index in [1.807, 2.05) is 13.8 Å². The van der Waals surface area contributed by atoms with Crippen LogP contribution in [0.1, 0.15) is 21.5 Å². The highest BCUT2D eigenvalue weighted by atomic mass is 16.5. The van der Waals surface area contributed by atoms with Crippen LogP contribution >= 0.6 is 0 Å². The zero-order valence-electron chi connectivity index (χ0n) is 9.96. The Hall–Kier alpha value is -1.55. The Kier molecular flexibility index (Phi) is 4.31. The first-order valence-electron chi connectivity index (χ1n) is 5.24. The highest BCUT2D eigenvalue weighted by Gasteiger charge is 2.12. The van der Waals surface area contributed by atoms with Gasteiger partial charge in [-0.15, -0.1) is 0 Å². The van der Waals surface area contributed by atoms with Gasteiger partial charge in [0, 0.05) is 18.7 Å². The number of hydrogen-bond donors (Lipinski definition) is 2. The van der Waals surface area contributed by atoms with Gasteiger partial charge in [-0.1, -0.05) is 0 Å². The summed E-state index contributed by atoms with van der Waals surface area (Å²) >= 11 is 0. The third kappa shape index (κ3) is 2.52. The zero-order valence-corrected chi connectivity index (χ0v) is 9.96. The molecule has 0 aliphatic rings. The molecule has 0 aliphatic heterocycles. The van der Waals surface area contributed by atoms with Crippen LogP contribution in [0.15, 0.2) is 12.1 Å². The summed E-state index contributed by atoms with van der Waals surface area (Å²) in [6, 6.07) is 3.58. The average Bonchev–Trinajstić information content (AvgIpc) is 2.29. The molecule has 0 fully saturated rings. The van der Waals surface area contributed by atoms with E-state index in [2.05, 4.69) is 5.32 Å². The fraction of sp³-hybridized carbons (Fsp3) is 0.417. The lowest BCUT2D eigenvalue weighted by atomic mass is 10.0. The summed E-state index contributed by atoms with van der Waals surface area (Å²) in [6.45, 7) is 4.78. The van der Waals surface area contributed by atoms with E-state index in [-0.39, 0.29) is 5.91 Å². The van der Waals surface area contributed by atoms with Crippen molar-refractivity contribution in [2.75, 3.05) is 20.2 Å². The van der Waals surface area contributed by atoms with E-state index in [1.165, 1.54) is 0 Å². The molecule has 1 aromatic rings. The molecule has 1 rings (SSSR count). The molecule has 0 unspecified atom stereocenters. The largest absolute Gasteiger partial charge is 0.496 e. The molecule has 0 atom stereocenters. The molecule has 0 bridgehead atoms. The van der Waals surface area contributed by atoms with Gasteiger partial charge in [0.1, 0.15) is 5.75 Å². The molecule has 0 aliphatic carbocycles. The van der Waals surface area contributed by atoms with E-state index in [0.29, 0.717) is 18.7 Å². The van der Waals surface area contributed by atoms with Crippen LogP contribution in [0.25, 0.3) is 0 Å². The molecule has 0 saturated heterocycles. The Morgan fingerprint density at radius 1 is 1.38 bits per heavy atom. The Balaban J connectivity index is 2.98. The highest BCUT2D eigenvalue weighted by Crippen LogP contribution is 2.23. The van der Waals surface area contributed by atoms with Gasteiger partial charge in [-0.05, 0) is 37.1 Å². The molecular weight excluding hydrogens is 204 g/mol. The lowest BCUT2D eigenvalue weighted by Gasteiger charge is -2.12. The molecule has 1 aromatic carbocycles. The average molecular weight is 222 g/mol. The molecule has 4 nitrogen and oxygen atoms in total. The van der Waals surface area contributed by atoms with Gasteiger partial charge in [-0.25, -0.2) is 0 Å². The fourth-order valence-electron chi connectivity index (χ4n) is 1.54. The monoisotopic (exact) mass is 222 g/mol. The van der Waals surface area contributed by atoms with E-state index in [4.69, 9.17) is 10.5 Å². The molecule has 88 valence electrons.